The van der Waals surface area contributed by atoms with Crippen molar-refractivity contribution in [3.8, 4) is 5.75 Å². The number of rotatable bonds is 8. The van der Waals surface area contributed by atoms with E-state index in [4.69, 9.17) is 9.47 Å². The number of nitrogens with one attached hydrogen (secondary N) is 1. The van der Waals surface area contributed by atoms with Crippen LogP contribution < -0.4 is 10.1 Å². The molecule has 1 amide bonds. The number of carbonyl (C=O) groups excluding carboxylic acids is 1. The van der Waals surface area contributed by atoms with Gasteiger partial charge in [0.05, 0.1) is 26.4 Å². The molecule has 2 aromatic carbocycles. The van der Waals surface area contributed by atoms with E-state index >= 15 is 0 Å². The van der Waals surface area contributed by atoms with Crippen molar-refractivity contribution < 1.29 is 14.3 Å². The molecule has 28 heavy (non-hydrogen) atoms. The summed E-state index contributed by atoms with van der Waals surface area (Å²) in [4.78, 5) is 15.1. The van der Waals surface area contributed by atoms with Crippen LogP contribution in [0.15, 0.2) is 48.5 Å². The van der Waals surface area contributed by atoms with Gasteiger partial charge in [0.2, 0.25) is 5.91 Å². The molecule has 1 fully saturated rings. The summed E-state index contributed by atoms with van der Waals surface area (Å²) in [5.41, 5.74) is 3.42. The van der Waals surface area contributed by atoms with Crippen LogP contribution >= 0.6 is 0 Å². The number of nitrogens with zero attached hydrogens (tertiary/aromatic N) is 1. The Morgan fingerprint density at radius 1 is 1.14 bits per heavy atom. The van der Waals surface area contributed by atoms with Crippen molar-refractivity contribution in [3.05, 3.63) is 65.2 Å². The van der Waals surface area contributed by atoms with E-state index in [0.29, 0.717) is 12.8 Å². The first-order valence-corrected chi connectivity index (χ1v) is 9.93. The molecule has 0 bridgehead atoms. The highest BCUT2D eigenvalue weighted by Gasteiger charge is 2.20. The monoisotopic (exact) mass is 382 g/mol. The highest BCUT2D eigenvalue weighted by molar-refractivity contribution is 5.76. The van der Waals surface area contributed by atoms with Crippen LogP contribution in [0.4, 0.5) is 0 Å². The second kappa shape index (κ2) is 10.2. The Morgan fingerprint density at radius 3 is 2.57 bits per heavy atom. The Balaban J connectivity index is 1.63. The van der Waals surface area contributed by atoms with Crippen LogP contribution in [0, 0.1) is 6.92 Å². The molecular weight excluding hydrogens is 352 g/mol. The number of methoxy groups -OCH3 is 1. The summed E-state index contributed by atoms with van der Waals surface area (Å²) in [6, 6.07) is 16.3. The molecule has 5 heteroatoms. The zero-order valence-corrected chi connectivity index (χ0v) is 16.8. The van der Waals surface area contributed by atoms with Gasteiger partial charge in [0.25, 0.3) is 0 Å². The highest BCUT2D eigenvalue weighted by atomic mass is 16.5. The van der Waals surface area contributed by atoms with Gasteiger partial charge in [-0.2, -0.15) is 0 Å². The van der Waals surface area contributed by atoms with Crippen molar-refractivity contribution in [2.75, 3.05) is 40.0 Å². The van der Waals surface area contributed by atoms with Crippen molar-refractivity contribution in [2.45, 2.75) is 25.8 Å². The molecule has 1 aliphatic rings. The van der Waals surface area contributed by atoms with Crippen LogP contribution in [0.3, 0.4) is 0 Å². The van der Waals surface area contributed by atoms with Crippen LogP contribution in [-0.4, -0.2) is 50.8 Å². The Bertz CT molecular complexity index is 755. The number of morpholine rings is 1. The van der Waals surface area contributed by atoms with Crippen molar-refractivity contribution in [2.24, 2.45) is 0 Å². The molecule has 0 spiro atoms. The van der Waals surface area contributed by atoms with Gasteiger partial charge < -0.3 is 14.8 Å². The van der Waals surface area contributed by atoms with Crippen LogP contribution in [-0.2, 0) is 16.0 Å². The lowest BCUT2D eigenvalue weighted by atomic mass is 10.0. The number of hydrogen-bond acceptors (Lipinski definition) is 4. The molecule has 3 rings (SSSR count). The number of aryl methyl sites for hydroxylation is 2. The number of hydrogen-bond donors (Lipinski definition) is 1. The first-order chi connectivity index (χ1) is 13.7. The zero-order valence-electron chi connectivity index (χ0n) is 16.8. The largest absolute Gasteiger partial charge is 0.496 e. The molecule has 0 aliphatic carbocycles. The normalized spacial score (nSPS) is 15.8. The summed E-state index contributed by atoms with van der Waals surface area (Å²) in [7, 11) is 1.66. The molecule has 2 aromatic rings. The molecule has 1 saturated heterocycles. The third-order valence-corrected chi connectivity index (χ3v) is 5.17. The van der Waals surface area contributed by atoms with Crippen molar-refractivity contribution >= 4 is 5.91 Å². The Morgan fingerprint density at radius 2 is 1.86 bits per heavy atom. The van der Waals surface area contributed by atoms with Crippen LogP contribution in [0.2, 0.25) is 0 Å². The average Bonchev–Trinajstić information content (AvgIpc) is 2.73. The van der Waals surface area contributed by atoms with Gasteiger partial charge in [0, 0.05) is 26.1 Å². The van der Waals surface area contributed by atoms with E-state index in [0.717, 1.165) is 49.7 Å². The molecule has 0 radical (unpaired) electrons. The van der Waals surface area contributed by atoms with Gasteiger partial charge in [-0.1, -0.05) is 48.0 Å². The van der Waals surface area contributed by atoms with Crippen molar-refractivity contribution in [1.82, 2.24) is 10.2 Å². The summed E-state index contributed by atoms with van der Waals surface area (Å²) in [6.45, 7) is 6.18. The molecule has 150 valence electrons. The Kier molecular flexibility index (Phi) is 7.46. The first kappa shape index (κ1) is 20.4. The number of benzene rings is 2. The van der Waals surface area contributed by atoms with Gasteiger partial charge in [-0.15, -0.1) is 0 Å². The number of para-hydroxylation sites is 1. The topological polar surface area (TPSA) is 50.8 Å². The minimum absolute atomic E-state index is 0.0242. The first-order valence-electron chi connectivity index (χ1n) is 9.93. The van der Waals surface area contributed by atoms with Crippen LogP contribution in [0.5, 0.6) is 5.75 Å². The van der Waals surface area contributed by atoms with Gasteiger partial charge in [0.15, 0.2) is 0 Å². The number of amides is 1. The maximum atomic E-state index is 12.7. The summed E-state index contributed by atoms with van der Waals surface area (Å²) < 4.78 is 10.8. The summed E-state index contributed by atoms with van der Waals surface area (Å²) in [6.07, 6.45) is 1.10. The lowest BCUT2D eigenvalue weighted by Crippen LogP contribution is -2.43. The third-order valence-electron chi connectivity index (χ3n) is 5.17. The van der Waals surface area contributed by atoms with Crippen LogP contribution in [0.25, 0.3) is 0 Å². The second-order valence-electron chi connectivity index (χ2n) is 7.26. The fraction of sp³-hybridized carbons (Fsp3) is 0.435. The molecule has 1 aliphatic heterocycles. The standard InChI is InChI=1S/C23H30N2O3/c1-18-7-9-19(10-8-18)21(17-25-13-15-28-16-14-25)24-23(26)12-11-20-5-3-4-6-22(20)27-2/h3-10,21H,11-17H2,1-2H3,(H,24,26). The quantitative estimate of drug-likeness (QED) is 0.762. The third kappa shape index (κ3) is 5.81. The van der Waals surface area contributed by atoms with E-state index in [2.05, 4.69) is 41.4 Å². The van der Waals surface area contributed by atoms with Crippen molar-refractivity contribution in [1.29, 1.82) is 0 Å². The summed E-state index contributed by atoms with van der Waals surface area (Å²) in [5.74, 6) is 0.892. The zero-order chi connectivity index (χ0) is 19.8. The van der Waals surface area contributed by atoms with Crippen molar-refractivity contribution in [3.63, 3.8) is 0 Å². The number of ether oxygens (including phenoxy) is 2. The summed E-state index contributed by atoms with van der Waals surface area (Å²) >= 11 is 0. The van der Waals surface area contributed by atoms with Gasteiger partial charge >= 0.3 is 0 Å². The molecule has 0 saturated carbocycles. The van der Waals surface area contributed by atoms with E-state index in [9.17, 15) is 4.79 Å². The van der Waals surface area contributed by atoms with Gasteiger partial charge in [-0.05, 0) is 30.5 Å². The van der Waals surface area contributed by atoms with E-state index in [1.165, 1.54) is 5.56 Å². The molecule has 1 heterocycles. The van der Waals surface area contributed by atoms with Crippen LogP contribution in [0.1, 0.15) is 29.2 Å². The predicted molar refractivity (Wildman–Crippen MR) is 111 cm³/mol. The second-order valence-corrected chi connectivity index (χ2v) is 7.26. The SMILES string of the molecule is COc1ccccc1CCC(=O)NC(CN1CCOCC1)c1ccc(C)cc1. The highest BCUT2D eigenvalue weighted by Crippen LogP contribution is 2.20. The van der Waals surface area contributed by atoms with Gasteiger partial charge in [0.1, 0.15) is 5.75 Å². The Hall–Kier alpha value is -2.37. The number of carbonyl (C=O) groups is 1. The maximum absolute atomic E-state index is 12.7. The molecule has 1 unspecified atom stereocenters. The maximum Gasteiger partial charge on any atom is 0.220 e. The molecule has 1 atom stereocenters. The summed E-state index contributed by atoms with van der Waals surface area (Å²) in [5, 5.41) is 3.25. The van der Waals surface area contributed by atoms with E-state index in [-0.39, 0.29) is 11.9 Å². The van der Waals surface area contributed by atoms with E-state index in [1.54, 1.807) is 7.11 Å². The Labute approximate surface area is 167 Å². The molecule has 5 nitrogen and oxygen atoms in total. The minimum Gasteiger partial charge on any atom is -0.496 e. The average molecular weight is 383 g/mol. The van der Waals surface area contributed by atoms with Gasteiger partial charge in [-0.3, -0.25) is 9.69 Å². The predicted octanol–water partition coefficient (Wildman–Crippen LogP) is 3.13. The fourth-order valence-electron chi connectivity index (χ4n) is 3.50. The molecular formula is C23H30N2O3. The fourth-order valence-corrected chi connectivity index (χ4v) is 3.50. The lowest BCUT2D eigenvalue weighted by Gasteiger charge is -2.31. The molecule has 0 aromatic heterocycles. The smallest absolute Gasteiger partial charge is 0.220 e. The lowest BCUT2D eigenvalue weighted by molar-refractivity contribution is -0.122. The van der Waals surface area contributed by atoms with Gasteiger partial charge in [-0.25, -0.2) is 0 Å². The van der Waals surface area contributed by atoms with E-state index < -0.39 is 0 Å². The van der Waals surface area contributed by atoms with E-state index in [1.807, 2.05) is 24.3 Å². The minimum atomic E-state index is -0.0242. The molecule has 1 N–H and O–H groups in total.